The number of piperidine rings is 1. The van der Waals surface area contributed by atoms with Crippen LogP contribution in [0.1, 0.15) is 37.3 Å². The van der Waals surface area contributed by atoms with E-state index < -0.39 is 0 Å². The lowest BCUT2D eigenvalue weighted by molar-refractivity contribution is -0.121. The first-order chi connectivity index (χ1) is 16.1. The number of aryl methyl sites for hydroxylation is 1. The summed E-state index contributed by atoms with van der Waals surface area (Å²) in [5.41, 5.74) is 2.20. The highest BCUT2D eigenvalue weighted by atomic mass is 16.5. The Labute approximate surface area is 194 Å². The van der Waals surface area contributed by atoms with E-state index in [2.05, 4.69) is 44.8 Å². The highest BCUT2D eigenvalue weighted by Crippen LogP contribution is 2.35. The number of carbonyl (C=O) groups is 1. The van der Waals surface area contributed by atoms with Crippen LogP contribution in [0.25, 0.3) is 11.4 Å². The van der Waals surface area contributed by atoms with Gasteiger partial charge in [-0.3, -0.25) is 9.69 Å². The number of methoxy groups -OCH3 is 1. The minimum Gasteiger partial charge on any atom is -0.497 e. The van der Waals surface area contributed by atoms with Crippen molar-refractivity contribution in [2.24, 2.45) is 5.92 Å². The van der Waals surface area contributed by atoms with Crippen molar-refractivity contribution in [1.29, 1.82) is 0 Å². The summed E-state index contributed by atoms with van der Waals surface area (Å²) in [5.74, 6) is 1.91. The summed E-state index contributed by atoms with van der Waals surface area (Å²) >= 11 is 0. The van der Waals surface area contributed by atoms with Crippen molar-refractivity contribution in [1.82, 2.24) is 30.4 Å². The summed E-state index contributed by atoms with van der Waals surface area (Å²) in [6.45, 7) is 2.31. The average Bonchev–Trinajstić information content (AvgIpc) is 3.32. The largest absolute Gasteiger partial charge is 0.497 e. The molecule has 0 spiro atoms. The highest BCUT2D eigenvalue weighted by molar-refractivity contribution is 5.75. The van der Waals surface area contributed by atoms with E-state index in [9.17, 15) is 4.79 Å². The lowest BCUT2D eigenvalue weighted by Crippen LogP contribution is -2.41. The lowest BCUT2D eigenvalue weighted by atomic mass is 9.85. The van der Waals surface area contributed by atoms with Crippen LogP contribution in [0.2, 0.25) is 0 Å². The Kier molecular flexibility index (Phi) is 7.67. The zero-order chi connectivity index (χ0) is 23.0. The summed E-state index contributed by atoms with van der Waals surface area (Å²) in [7, 11) is 3.85. The number of amides is 1. The monoisotopic (exact) mass is 448 g/mol. The van der Waals surface area contributed by atoms with Gasteiger partial charge in [0.25, 0.3) is 0 Å². The maximum absolute atomic E-state index is 12.5. The van der Waals surface area contributed by atoms with Gasteiger partial charge >= 0.3 is 0 Å². The molecule has 8 nitrogen and oxygen atoms in total. The number of aromatic nitrogens is 4. The molecule has 33 heavy (non-hydrogen) atoms. The van der Waals surface area contributed by atoms with E-state index in [-0.39, 0.29) is 5.91 Å². The molecule has 2 atom stereocenters. The Morgan fingerprint density at radius 3 is 2.70 bits per heavy atom. The Hall–Kier alpha value is -3.26. The first kappa shape index (κ1) is 22.9. The molecule has 0 bridgehead atoms. The van der Waals surface area contributed by atoms with E-state index in [0.29, 0.717) is 43.7 Å². The number of hydrogen-bond acceptors (Lipinski definition) is 6. The Morgan fingerprint density at radius 2 is 1.94 bits per heavy atom. The van der Waals surface area contributed by atoms with Crippen molar-refractivity contribution < 1.29 is 9.53 Å². The molecule has 174 valence electrons. The highest BCUT2D eigenvalue weighted by Gasteiger charge is 2.30. The summed E-state index contributed by atoms with van der Waals surface area (Å²) in [6.07, 6.45) is 3.36. The van der Waals surface area contributed by atoms with Crippen molar-refractivity contribution in [3.63, 3.8) is 0 Å². The first-order valence-corrected chi connectivity index (χ1v) is 11.6. The molecule has 0 aliphatic carbocycles. The maximum Gasteiger partial charge on any atom is 0.220 e. The van der Waals surface area contributed by atoms with E-state index in [1.54, 1.807) is 11.9 Å². The van der Waals surface area contributed by atoms with E-state index >= 15 is 0 Å². The van der Waals surface area contributed by atoms with Gasteiger partial charge in [0.15, 0.2) is 0 Å². The van der Waals surface area contributed by atoms with Crippen molar-refractivity contribution in [2.45, 2.75) is 38.3 Å². The predicted molar refractivity (Wildman–Crippen MR) is 127 cm³/mol. The van der Waals surface area contributed by atoms with Gasteiger partial charge in [0.2, 0.25) is 11.7 Å². The minimum atomic E-state index is 0.0695. The maximum atomic E-state index is 12.5. The molecule has 2 aromatic carbocycles. The molecule has 0 radical (unpaired) electrons. The fourth-order valence-corrected chi connectivity index (χ4v) is 4.56. The number of ether oxygens (including phenoxy) is 1. The topological polar surface area (TPSA) is 85.2 Å². The van der Waals surface area contributed by atoms with Crippen LogP contribution in [0.5, 0.6) is 5.75 Å². The molecular weight excluding hydrogens is 416 g/mol. The fourth-order valence-electron chi connectivity index (χ4n) is 4.56. The molecule has 2 heterocycles. The fraction of sp³-hybridized carbons (Fsp3) is 0.440. The normalized spacial score (nSPS) is 18.7. The van der Waals surface area contributed by atoms with Gasteiger partial charge in [-0.15, -0.1) is 10.2 Å². The second kappa shape index (κ2) is 11.0. The second-order valence-electron chi connectivity index (χ2n) is 8.58. The summed E-state index contributed by atoms with van der Waals surface area (Å²) < 4.78 is 5.30. The zero-order valence-electron chi connectivity index (χ0n) is 19.4. The van der Waals surface area contributed by atoms with Gasteiger partial charge in [-0.05, 0) is 61.7 Å². The minimum absolute atomic E-state index is 0.0695. The van der Waals surface area contributed by atoms with Crippen molar-refractivity contribution >= 4 is 5.91 Å². The van der Waals surface area contributed by atoms with Crippen LogP contribution in [0.3, 0.4) is 0 Å². The number of likely N-dealkylation sites (tertiary alicyclic amines) is 1. The van der Waals surface area contributed by atoms with E-state index in [1.165, 1.54) is 5.56 Å². The molecule has 0 saturated carbocycles. The molecule has 1 saturated heterocycles. The van der Waals surface area contributed by atoms with E-state index in [0.717, 1.165) is 30.7 Å². The molecule has 1 aliphatic heterocycles. The summed E-state index contributed by atoms with van der Waals surface area (Å²) in [4.78, 5) is 16.5. The van der Waals surface area contributed by atoms with Crippen molar-refractivity contribution in [2.75, 3.05) is 27.2 Å². The van der Waals surface area contributed by atoms with Gasteiger partial charge < -0.3 is 10.1 Å². The third-order valence-electron chi connectivity index (χ3n) is 6.27. The SMILES string of the molecule is COc1ccc(C2C(CNC(=O)CCCn3nnc(-c4ccccc4)n3)CCCN2C)cc1. The Morgan fingerprint density at radius 1 is 1.15 bits per heavy atom. The van der Waals surface area contributed by atoms with Crippen molar-refractivity contribution in [3.05, 3.63) is 60.2 Å². The number of nitrogens with zero attached hydrogens (tertiary/aromatic N) is 5. The van der Waals surface area contributed by atoms with Gasteiger partial charge in [0, 0.05) is 24.6 Å². The summed E-state index contributed by atoms with van der Waals surface area (Å²) in [5, 5.41) is 15.8. The molecule has 3 aromatic rings. The quantitative estimate of drug-likeness (QED) is 0.541. The Bertz CT molecular complexity index is 1020. The molecule has 8 heteroatoms. The van der Waals surface area contributed by atoms with Crippen LogP contribution in [-0.4, -0.2) is 58.3 Å². The number of rotatable bonds is 9. The number of tetrazole rings is 1. The first-order valence-electron chi connectivity index (χ1n) is 11.6. The molecule has 1 amide bonds. The molecule has 1 aliphatic rings. The standard InChI is InChI=1S/C25H32N6O2/c1-30-16-6-10-21(24(30)19-12-14-22(33-2)15-13-19)18-26-23(32)11-7-17-31-28-25(27-29-31)20-8-4-3-5-9-20/h3-5,8-9,12-15,21,24H,6-7,10-11,16-18H2,1-2H3,(H,26,32). The van der Waals surface area contributed by atoms with Crippen LogP contribution in [-0.2, 0) is 11.3 Å². The number of carbonyl (C=O) groups excluding carboxylic acids is 1. The van der Waals surface area contributed by atoms with Crippen molar-refractivity contribution in [3.8, 4) is 17.1 Å². The van der Waals surface area contributed by atoms with E-state index in [4.69, 9.17) is 4.74 Å². The third kappa shape index (κ3) is 5.96. The van der Waals surface area contributed by atoms with Gasteiger partial charge in [-0.2, -0.15) is 4.80 Å². The second-order valence-corrected chi connectivity index (χ2v) is 8.58. The van der Waals surface area contributed by atoms with Crippen LogP contribution in [0, 0.1) is 5.92 Å². The van der Waals surface area contributed by atoms with Gasteiger partial charge in [-0.1, -0.05) is 42.5 Å². The lowest BCUT2D eigenvalue weighted by Gasteiger charge is -2.39. The number of hydrogen-bond donors (Lipinski definition) is 1. The van der Waals surface area contributed by atoms with Gasteiger partial charge in [-0.25, -0.2) is 0 Å². The third-order valence-corrected chi connectivity index (χ3v) is 6.27. The van der Waals surface area contributed by atoms with Gasteiger partial charge in [0.1, 0.15) is 5.75 Å². The molecule has 1 aromatic heterocycles. The van der Waals surface area contributed by atoms with E-state index in [1.807, 2.05) is 42.5 Å². The van der Waals surface area contributed by atoms with Crippen LogP contribution < -0.4 is 10.1 Å². The molecule has 4 rings (SSSR count). The number of nitrogens with one attached hydrogen (secondary N) is 1. The van der Waals surface area contributed by atoms with Gasteiger partial charge in [0.05, 0.1) is 13.7 Å². The average molecular weight is 449 g/mol. The molecule has 1 N–H and O–H groups in total. The molecule has 1 fully saturated rings. The number of benzene rings is 2. The van der Waals surface area contributed by atoms with Crippen LogP contribution >= 0.6 is 0 Å². The van der Waals surface area contributed by atoms with Crippen LogP contribution in [0.15, 0.2) is 54.6 Å². The zero-order valence-corrected chi connectivity index (χ0v) is 19.4. The molecule has 2 unspecified atom stereocenters. The smallest absolute Gasteiger partial charge is 0.220 e. The van der Waals surface area contributed by atoms with Crippen LogP contribution in [0.4, 0.5) is 0 Å². The Balaban J connectivity index is 1.25. The summed E-state index contributed by atoms with van der Waals surface area (Å²) in [6, 6.07) is 18.3. The predicted octanol–water partition coefficient (Wildman–Crippen LogP) is 3.33. The molecular formula is C25H32N6O2.